The zero-order chi connectivity index (χ0) is 70.1. The predicted molar refractivity (Wildman–Crippen MR) is 357 cm³/mol. The fourth-order valence-corrected chi connectivity index (χ4v) is 13.0. The minimum absolute atomic E-state index is 0.0541. The number of ketones is 3. The Kier molecular flexibility index (Phi) is 32.7. The van der Waals surface area contributed by atoms with Gasteiger partial charge in [-0.1, -0.05) is 125 Å². The summed E-state index contributed by atoms with van der Waals surface area (Å²) in [6.07, 6.45) is 3.38. The van der Waals surface area contributed by atoms with E-state index in [2.05, 4.69) is 16.0 Å². The fraction of sp³-hybridized carbons (Fsp3) is 0.648. The molecule has 1 saturated heterocycles. The minimum atomic E-state index is -0.966. The molecule has 0 aromatic heterocycles. The van der Waals surface area contributed by atoms with E-state index >= 15 is 0 Å². The molecule has 23 nitrogen and oxygen atoms in total. The minimum Gasteiger partial charge on any atom is -0.445 e. The molecule has 0 bridgehead atoms. The van der Waals surface area contributed by atoms with Crippen molar-refractivity contribution in [1.82, 2.24) is 30.2 Å². The first kappa shape index (κ1) is 79.1. The molecule has 0 radical (unpaired) electrons. The Balaban J connectivity index is 1.37. The largest absolute Gasteiger partial charge is 0.445 e. The van der Waals surface area contributed by atoms with E-state index in [1.807, 2.05) is 85.7 Å². The van der Waals surface area contributed by atoms with Crippen LogP contribution in [0.25, 0.3) is 0 Å². The first-order chi connectivity index (χ1) is 44.5. The molecule has 2 aliphatic rings. The van der Waals surface area contributed by atoms with Gasteiger partial charge in [-0.05, 0) is 91.4 Å². The number of nitrogens with zero attached hydrogens (tertiary/aromatic N) is 4. The van der Waals surface area contributed by atoms with Gasteiger partial charge in [0.05, 0.1) is 48.9 Å². The van der Waals surface area contributed by atoms with Crippen molar-refractivity contribution in [2.24, 2.45) is 53.1 Å². The number of unbranched alkanes of at least 4 members (excludes halogenated alkanes) is 2. The van der Waals surface area contributed by atoms with E-state index in [0.29, 0.717) is 62.7 Å². The average Bonchev–Trinajstić information content (AvgIpc) is 1.33. The summed E-state index contributed by atoms with van der Waals surface area (Å²) >= 11 is 0. The molecule has 0 aliphatic carbocycles. The molecule has 12 unspecified atom stereocenters. The number of methoxy groups -OCH3 is 2. The fourth-order valence-electron chi connectivity index (χ4n) is 13.0. The van der Waals surface area contributed by atoms with Crippen LogP contribution in [-0.2, 0) is 64.0 Å². The molecule has 0 spiro atoms. The number of anilines is 1. The lowest BCUT2D eigenvalue weighted by Crippen LogP contribution is -2.54. The molecule has 2 aromatic carbocycles. The second kappa shape index (κ2) is 38.9. The number of hydrogen-bond acceptors (Lipinski definition) is 15. The van der Waals surface area contributed by atoms with E-state index in [-0.39, 0.29) is 141 Å². The number of carbonyl (C=O) groups excluding carboxylic acids is 11. The summed E-state index contributed by atoms with van der Waals surface area (Å²) in [5.74, 6) is -6.50. The quantitative estimate of drug-likeness (QED) is 0.0309. The summed E-state index contributed by atoms with van der Waals surface area (Å²) in [6, 6.07) is 12.2. The van der Waals surface area contributed by atoms with E-state index in [9.17, 15) is 57.8 Å². The second-order valence-corrected chi connectivity index (χ2v) is 26.7. The van der Waals surface area contributed by atoms with Gasteiger partial charge in [-0.2, -0.15) is 0 Å². The van der Waals surface area contributed by atoms with Crippen LogP contribution >= 0.6 is 0 Å². The van der Waals surface area contributed by atoms with Crippen molar-refractivity contribution >= 4 is 70.6 Å². The number of likely N-dealkylation sites (tertiary alicyclic amines) is 1. The van der Waals surface area contributed by atoms with Crippen LogP contribution in [-0.4, -0.2) is 174 Å². The number of primary amides is 1. The number of carbonyl (C=O) groups is 11. The first-order valence-electron chi connectivity index (χ1n) is 33.6. The third-order valence-corrected chi connectivity index (χ3v) is 18.7. The molecule has 2 heterocycles. The Morgan fingerprint density at radius 2 is 1.37 bits per heavy atom. The Hall–Kier alpha value is -7.37. The lowest BCUT2D eigenvalue weighted by atomic mass is 9.83. The number of nitrogens with one attached hydrogen (secondary N) is 3. The van der Waals surface area contributed by atoms with Gasteiger partial charge in [-0.15, -0.1) is 0 Å². The number of benzene rings is 2. The number of aliphatic hydroxyl groups is 1. The van der Waals surface area contributed by atoms with Crippen LogP contribution in [0.2, 0.25) is 0 Å². The van der Waals surface area contributed by atoms with Gasteiger partial charge >= 0.3 is 12.1 Å². The average molecular weight is 1310 g/mol. The maximum Gasteiger partial charge on any atom is 0.410 e. The van der Waals surface area contributed by atoms with Crippen molar-refractivity contribution in [2.45, 2.75) is 202 Å². The Labute approximate surface area is 556 Å². The van der Waals surface area contributed by atoms with E-state index in [4.69, 9.17) is 19.9 Å². The van der Waals surface area contributed by atoms with Gasteiger partial charge in [-0.25, -0.2) is 9.59 Å². The van der Waals surface area contributed by atoms with E-state index < -0.39 is 72.2 Å². The standard InChI is InChI=1S/C71H108N8O15/c1-15-46(8)65(58(92-13)41-62(86)78-37-23-27-54(78)67(93-14)48(10)55(80)38-47(9)66(87)50-24-18-16-19-25-50)76(11)69(89)53(43(2)3)40-57(82)64(45(6)7)77(12)71(91)94-42-49-29-31-52(32-30-49)74-68(88)51(26-22-35-73-70(72)90)39-56(81)63(44(4)5)75-59(83)28-20-17-21-36-79-60(84)33-34-61(79)85/h16,18-19,24-25,29-34,43-48,51,53-54,58,63-67,87H,15,17,20-23,26-28,35-42H2,1-14H3,(H,74,88)(H,75,83)(H3,72,73,90). The zero-order valence-electron chi connectivity index (χ0n) is 58.1. The molecular weight excluding hydrogens is 1200 g/mol. The zero-order valence-corrected chi connectivity index (χ0v) is 58.1. The summed E-state index contributed by atoms with van der Waals surface area (Å²) in [5.41, 5.74) is 6.94. The summed E-state index contributed by atoms with van der Waals surface area (Å²) in [7, 11) is 6.24. The summed E-state index contributed by atoms with van der Waals surface area (Å²) in [5, 5.41) is 19.2. The van der Waals surface area contributed by atoms with Crippen LogP contribution in [0.3, 0.4) is 0 Å². The van der Waals surface area contributed by atoms with Crippen molar-refractivity contribution in [2.75, 3.05) is 53.3 Å². The maximum absolute atomic E-state index is 14.9. The predicted octanol–water partition coefficient (Wildman–Crippen LogP) is 8.35. The van der Waals surface area contributed by atoms with Crippen LogP contribution in [0.5, 0.6) is 0 Å². The van der Waals surface area contributed by atoms with Gasteiger partial charge in [0.1, 0.15) is 12.4 Å². The van der Waals surface area contributed by atoms with E-state index in [1.165, 1.54) is 31.2 Å². The Morgan fingerprint density at radius 1 is 0.723 bits per heavy atom. The van der Waals surface area contributed by atoms with Crippen molar-refractivity contribution in [3.05, 3.63) is 77.9 Å². The van der Waals surface area contributed by atoms with Gasteiger partial charge in [0.25, 0.3) is 11.8 Å². The maximum atomic E-state index is 14.9. The summed E-state index contributed by atoms with van der Waals surface area (Å²) in [4.78, 5) is 153. The number of Topliss-reactive ketones (excluding diaryl/α,β-unsaturated/α-hetero) is 3. The molecule has 1 fully saturated rings. The molecular formula is C71H108N8O15. The molecule has 2 aliphatic heterocycles. The molecule has 2 aromatic rings. The molecule has 0 saturated carbocycles. The van der Waals surface area contributed by atoms with Gasteiger partial charge in [0.2, 0.25) is 23.6 Å². The lowest BCUT2D eigenvalue weighted by molar-refractivity contribution is -0.149. The molecule has 522 valence electrons. The van der Waals surface area contributed by atoms with Crippen molar-refractivity contribution < 1.29 is 72.1 Å². The topological polar surface area (TPSA) is 311 Å². The summed E-state index contributed by atoms with van der Waals surface area (Å²) in [6.45, 7) is 19.3. The van der Waals surface area contributed by atoms with Crippen LogP contribution in [0.15, 0.2) is 66.7 Å². The number of likely N-dealkylation sites (N-methyl/N-ethyl adjacent to an activating group) is 2. The van der Waals surface area contributed by atoms with Crippen LogP contribution in [0.4, 0.5) is 15.3 Å². The van der Waals surface area contributed by atoms with Gasteiger partial charge in [0, 0.05) is 109 Å². The molecule has 12 atom stereocenters. The summed E-state index contributed by atoms with van der Waals surface area (Å²) < 4.78 is 17.9. The number of urea groups is 1. The van der Waals surface area contributed by atoms with Gasteiger partial charge < -0.3 is 55.7 Å². The number of amides is 9. The number of nitrogens with two attached hydrogens (primary N) is 1. The number of ether oxygens (including phenoxy) is 3. The van der Waals surface area contributed by atoms with Gasteiger partial charge in [-0.3, -0.25) is 48.1 Å². The number of imide groups is 1. The monoisotopic (exact) mass is 1310 g/mol. The molecule has 9 amide bonds. The van der Waals surface area contributed by atoms with Crippen molar-refractivity contribution in [3.63, 3.8) is 0 Å². The Morgan fingerprint density at radius 3 is 1.95 bits per heavy atom. The van der Waals surface area contributed by atoms with Crippen LogP contribution in [0.1, 0.15) is 170 Å². The Bertz CT molecular complexity index is 2870. The van der Waals surface area contributed by atoms with E-state index in [1.54, 1.807) is 62.1 Å². The molecule has 6 N–H and O–H groups in total. The second-order valence-electron chi connectivity index (χ2n) is 26.7. The molecule has 4 rings (SSSR count). The van der Waals surface area contributed by atoms with Crippen molar-refractivity contribution in [3.8, 4) is 0 Å². The normalized spacial score (nSPS) is 17.5. The van der Waals surface area contributed by atoms with Crippen LogP contribution in [0, 0.1) is 47.3 Å². The third kappa shape index (κ3) is 23.2. The smallest absolute Gasteiger partial charge is 0.410 e. The highest BCUT2D eigenvalue weighted by Gasteiger charge is 2.44. The van der Waals surface area contributed by atoms with E-state index in [0.717, 1.165) is 10.5 Å². The first-order valence-corrected chi connectivity index (χ1v) is 33.6. The number of aliphatic hydroxyl groups excluding tert-OH is 1. The van der Waals surface area contributed by atoms with Gasteiger partial charge in [0.15, 0.2) is 11.6 Å². The molecule has 94 heavy (non-hydrogen) atoms. The lowest BCUT2D eigenvalue weighted by Gasteiger charge is -2.41. The molecule has 23 heteroatoms. The highest BCUT2D eigenvalue weighted by molar-refractivity contribution is 6.12. The number of hydrogen-bond donors (Lipinski definition) is 5. The highest BCUT2D eigenvalue weighted by Crippen LogP contribution is 2.34. The number of rotatable bonds is 41. The van der Waals surface area contributed by atoms with Crippen molar-refractivity contribution in [1.29, 1.82) is 0 Å². The third-order valence-electron chi connectivity index (χ3n) is 18.7. The van der Waals surface area contributed by atoms with Crippen LogP contribution < -0.4 is 21.7 Å². The highest BCUT2D eigenvalue weighted by atomic mass is 16.6. The SMILES string of the molecule is CCC(C)C(C(CC(=O)N1CCCC1C(OC)C(C)C(=O)CC(C)C(O)c1ccccc1)OC)N(C)C(=O)C(CC(=O)C(C(C)C)N(C)C(=O)OCc1ccc(NC(=O)C(CCCNC(N)=O)CC(=O)C(NC(=O)CCCCCN2C(=O)C=CC2=O)C(C)C)cc1)C(C)C.